The fraction of sp³-hybridized carbons (Fsp3) is 0.286. The largest absolute Gasteiger partial charge is 0.466 e. The van der Waals surface area contributed by atoms with Crippen molar-refractivity contribution in [1.82, 2.24) is 4.98 Å². The molecule has 29 heavy (non-hydrogen) atoms. The summed E-state index contributed by atoms with van der Waals surface area (Å²) in [6.45, 7) is 0. The van der Waals surface area contributed by atoms with Gasteiger partial charge in [0.15, 0.2) is 0 Å². The van der Waals surface area contributed by atoms with Crippen LogP contribution in [0.15, 0.2) is 53.4 Å². The van der Waals surface area contributed by atoms with Crippen molar-refractivity contribution in [3.8, 4) is 0 Å². The van der Waals surface area contributed by atoms with E-state index in [1.54, 1.807) is 12.1 Å². The average Bonchev–Trinajstić information content (AvgIpc) is 3.10. The molecule has 0 amide bonds. The summed E-state index contributed by atoms with van der Waals surface area (Å²) in [6, 6.07) is 12.6. The maximum Gasteiger partial charge on any atom is 0.360 e. The number of fused-ring (bicyclic) bond motifs is 3. The van der Waals surface area contributed by atoms with Crippen LogP contribution in [0.2, 0.25) is 5.02 Å². The van der Waals surface area contributed by atoms with Gasteiger partial charge in [-0.15, -0.1) is 0 Å². The van der Waals surface area contributed by atoms with Gasteiger partial charge in [0.1, 0.15) is 0 Å². The normalized spacial score (nSPS) is 18.8. The molecule has 0 spiro atoms. The molecule has 1 N–H and O–H groups in total. The molecule has 2 aromatic carbocycles. The molecule has 1 aromatic heterocycles. The maximum atomic E-state index is 16.3. The number of aryl methyl sites for hydroxylation is 1. The van der Waals surface area contributed by atoms with Gasteiger partial charge >= 0.3 is 11.0 Å². The van der Waals surface area contributed by atoms with Crippen LogP contribution in [0.5, 0.6) is 0 Å². The van der Waals surface area contributed by atoms with E-state index in [1.165, 1.54) is 24.3 Å². The molecular formula is C21H19ClFNO4S. The number of esters is 1. The highest BCUT2D eigenvalue weighted by Gasteiger charge is 2.59. The predicted molar refractivity (Wildman–Crippen MR) is 108 cm³/mol. The number of benzene rings is 2. The summed E-state index contributed by atoms with van der Waals surface area (Å²) in [5.74, 6) is -2.48. The van der Waals surface area contributed by atoms with Gasteiger partial charge in [0.05, 0.1) is 12.0 Å². The first-order valence-corrected chi connectivity index (χ1v) is 11.0. The van der Waals surface area contributed by atoms with Crippen LogP contribution in [0.3, 0.4) is 0 Å². The number of sulfone groups is 1. The van der Waals surface area contributed by atoms with Gasteiger partial charge in [0.25, 0.3) is 0 Å². The highest BCUT2D eigenvalue weighted by molar-refractivity contribution is 7.93. The molecule has 0 aliphatic heterocycles. The fourth-order valence-corrected chi connectivity index (χ4v) is 6.10. The van der Waals surface area contributed by atoms with E-state index < -0.39 is 26.7 Å². The molecule has 152 valence electrons. The smallest absolute Gasteiger partial charge is 0.360 e. The summed E-state index contributed by atoms with van der Waals surface area (Å²) < 4.78 is 47.2. The number of alkyl halides is 1. The molecule has 1 aliphatic carbocycles. The Bertz CT molecular complexity index is 1190. The molecule has 0 saturated heterocycles. The van der Waals surface area contributed by atoms with Crippen LogP contribution in [0.4, 0.5) is 4.39 Å². The van der Waals surface area contributed by atoms with Crippen molar-refractivity contribution < 1.29 is 22.3 Å². The highest BCUT2D eigenvalue weighted by atomic mass is 35.5. The number of aromatic nitrogens is 1. The third kappa shape index (κ3) is 3.04. The minimum absolute atomic E-state index is 0.0687. The van der Waals surface area contributed by atoms with Crippen LogP contribution in [-0.4, -0.2) is 31.5 Å². The maximum absolute atomic E-state index is 16.3. The average molecular weight is 436 g/mol. The molecule has 0 fully saturated rings. The Kier molecular flexibility index (Phi) is 4.91. The molecule has 5 nitrogen and oxygen atoms in total. The second-order valence-electron chi connectivity index (χ2n) is 7.16. The second-order valence-corrected chi connectivity index (χ2v) is 9.67. The molecule has 2 atom stereocenters. The first kappa shape index (κ1) is 19.9. The van der Waals surface area contributed by atoms with Gasteiger partial charge in [-0.3, -0.25) is 0 Å². The van der Waals surface area contributed by atoms with E-state index in [1.807, 2.05) is 12.1 Å². The van der Waals surface area contributed by atoms with Crippen LogP contribution < -0.4 is 0 Å². The quantitative estimate of drug-likeness (QED) is 0.622. The third-order valence-electron chi connectivity index (χ3n) is 5.58. The van der Waals surface area contributed by atoms with Crippen molar-refractivity contribution in [1.29, 1.82) is 0 Å². The van der Waals surface area contributed by atoms with Gasteiger partial charge < -0.3 is 9.72 Å². The predicted octanol–water partition coefficient (Wildman–Crippen LogP) is 4.24. The number of carbonyl (C=O) groups is 1. The summed E-state index contributed by atoms with van der Waals surface area (Å²) >= 11 is 6.09. The molecule has 0 saturated carbocycles. The molecule has 0 bridgehead atoms. The molecule has 1 aliphatic rings. The second kappa shape index (κ2) is 7.15. The number of hydrogen-bond acceptors (Lipinski definition) is 4. The first-order chi connectivity index (χ1) is 13.8. The molecule has 0 radical (unpaired) electrons. The van der Waals surface area contributed by atoms with E-state index in [4.69, 9.17) is 11.6 Å². The SMILES string of the molecule is COC(=O)C(F)(C1CCc2c([nH]c3ccc(Cl)cc23)C1)S(=O)(=O)c1ccccc1. The number of methoxy groups -OCH3 is 1. The molecular weight excluding hydrogens is 417 g/mol. The summed E-state index contributed by atoms with van der Waals surface area (Å²) in [7, 11) is -3.63. The molecule has 2 unspecified atom stereocenters. The Morgan fingerprint density at radius 2 is 1.97 bits per heavy atom. The van der Waals surface area contributed by atoms with E-state index in [9.17, 15) is 13.2 Å². The van der Waals surface area contributed by atoms with E-state index in [2.05, 4.69) is 9.72 Å². The van der Waals surface area contributed by atoms with Gasteiger partial charge in [-0.2, -0.15) is 0 Å². The molecule has 4 rings (SSSR count). The van der Waals surface area contributed by atoms with Crippen molar-refractivity contribution in [2.45, 2.75) is 29.2 Å². The van der Waals surface area contributed by atoms with Crippen molar-refractivity contribution in [2.24, 2.45) is 5.92 Å². The van der Waals surface area contributed by atoms with Crippen molar-refractivity contribution in [3.63, 3.8) is 0 Å². The topological polar surface area (TPSA) is 76.2 Å². The van der Waals surface area contributed by atoms with Gasteiger partial charge in [-0.25, -0.2) is 17.6 Å². The Balaban J connectivity index is 1.80. The molecule has 1 heterocycles. The van der Waals surface area contributed by atoms with E-state index >= 15 is 4.39 Å². The lowest BCUT2D eigenvalue weighted by molar-refractivity contribution is -0.152. The van der Waals surface area contributed by atoms with Gasteiger partial charge in [-0.05, 0) is 55.2 Å². The summed E-state index contributed by atoms with van der Waals surface area (Å²) in [5, 5.41) is -1.67. The van der Waals surface area contributed by atoms with Crippen LogP contribution in [0.1, 0.15) is 17.7 Å². The number of nitrogens with one attached hydrogen (secondary N) is 1. The van der Waals surface area contributed by atoms with Crippen LogP contribution in [0.25, 0.3) is 10.9 Å². The van der Waals surface area contributed by atoms with Crippen LogP contribution >= 0.6 is 11.6 Å². The van der Waals surface area contributed by atoms with Gasteiger partial charge in [0.2, 0.25) is 9.84 Å². The number of rotatable bonds is 4. The Morgan fingerprint density at radius 3 is 2.66 bits per heavy atom. The Morgan fingerprint density at radius 1 is 1.24 bits per heavy atom. The highest BCUT2D eigenvalue weighted by Crippen LogP contribution is 2.43. The lowest BCUT2D eigenvalue weighted by atomic mass is 9.83. The summed E-state index contributed by atoms with van der Waals surface area (Å²) in [4.78, 5) is 15.5. The lowest BCUT2D eigenvalue weighted by Crippen LogP contribution is -2.51. The van der Waals surface area contributed by atoms with Gasteiger partial charge in [-0.1, -0.05) is 29.8 Å². The van der Waals surface area contributed by atoms with Crippen molar-refractivity contribution in [2.75, 3.05) is 7.11 Å². The number of H-pyrrole nitrogens is 1. The zero-order chi connectivity index (χ0) is 20.8. The number of halogens is 2. The fourth-order valence-electron chi connectivity index (χ4n) is 4.13. The van der Waals surface area contributed by atoms with E-state index in [-0.39, 0.29) is 17.7 Å². The van der Waals surface area contributed by atoms with Gasteiger partial charge in [0, 0.05) is 27.5 Å². The van der Waals surface area contributed by atoms with Crippen LogP contribution in [0, 0.1) is 5.92 Å². The third-order valence-corrected chi connectivity index (χ3v) is 7.99. The minimum Gasteiger partial charge on any atom is -0.466 e. The number of ether oxygens (including phenoxy) is 1. The first-order valence-electron chi connectivity index (χ1n) is 9.15. The monoisotopic (exact) mass is 435 g/mol. The minimum atomic E-state index is -4.63. The molecule has 3 aromatic rings. The van der Waals surface area contributed by atoms with Crippen molar-refractivity contribution >= 4 is 38.3 Å². The van der Waals surface area contributed by atoms with Crippen molar-refractivity contribution in [3.05, 3.63) is 64.8 Å². The lowest BCUT2D eigenvalue weighted by Gasteiger charge is -2.33. The zero-order valence-corrected chi connectivity index (χ0v) is 17.2. The Hall–Kier alpha value is -2.38. The summed E-state index contributed by atoms with van der Waals surface area (Å²) in [5.41, 5.74) is 2.53. The number of hydrogen-bond donors (Lipinski definition) is 1. The van der Waals surface area contributed by atoms with E-state index in [0.717, 1.165) is 23.6 Å². The molecule has 8 heteroatoms. The Labute approximate surface area is 172 Å². The van der Waals surface area contributed by atoms with E-state index in [0.29, 0.717) is 17.1 Å². The summed E-state index contributed by atoms with van der Waals surface area (Å²) in [6.07, 6.45) is 0.677. The number of aromatic amines is 1. The number of carbonyl (C=O) groups excluding carboxylic acids is 1. The standard InChI is InChI=1S/C21H19ClFNO4S/c1-28-20(25)21(23,29(26,27)15-5-3-2-4-6-15)13-7-9-16-17-12-14(22)8-10-18(17)24-19(16)11-13/h2-6,8,10,12-13,24H,7,9,11H2,1H3. The zero-order valence-electron chi connectivity index (χ0n) is 15.6. The van der Waals surface area contributed by atoms with Crippen LogP contribution in [-0.2, 0) is 32.2 Å².